The minimum atomic E-state index is -0.159. The molecule has 2 saturated heterocycles. The highest BCUT2D eigenvalue weighted by Gasteiger charge is 2.46. The second kappa shape index (κ2) is 6.42. The first-order chi connectivity index (χ1) is 10.7. The molecule has 1 aromatic rings. The second-order valence-corrected chi connectivity index (χ2v) is 5.87. The SMILES string of the molecule is CCCCOC(=O)N1C[C@@H]2C[C@H]1CN2c1ccc(OC)nc1. The van der Waals surface area contributed by atoms with Crippen molar-refractivity contribution in [3.63, 3.8) is 0 Å². The molecule has 0 radical (unpaired) electrons. The number of hydrogen-bond donors (Lipinski definition) is 0. The van der Waals surface area contributed by atoms with Gasteiger partial charge in [0.05, 0.1) is 31.6 Å². The summed E-state index contributed by atoms with van der Waals surface area (Å²) in [5.41, 5.74) is 1.09. The minimum Gasteiger partial charge on any atom is -0.481 e. The monoisotopic (exact) mass is 305 g/mol. The number of pyridine rings is 1. The Balaban J connectivity index is 1.58. The first kappa shape index (κ1) is 14.9. The lowest BCUT2D eigenvalue weighted by molar-refractivity contribution is 0.0946. The summed E-state index contributed by atoms with van der Waals surface area (Å²) < 4.78 is 10.4. The number of hydrogen-bond acceptors (Lipinski definition) is 5. The highest BCUT2D eigenvalue weighted by molar-refractivity contribution is 5.70. The third-order valence-corrected chi connectivity index (χ3v) is 4.46. The number of piperazine rings is 1. The van der Waals surface area contributed by atoms with Crippen LogP contribution in [0.1, 0.15) is 26.2 Å². The van der Waals surface area contributed by atoms with Crippen LogP contribution in [-0.4, -0.2) is 54.9 Å². The van der Waals surface area contributed by atoms with Gasteiger partial charge in [-0.05, 0) is 18.9 Å². The van der Waals surface area contributed by atoms with E-state index in [-0.39, 0.29) is 12.1 Å². The van der Waals surface area contributed by atoms with Gasteiger partial charge in [0.2, 0.25) is 5.88 Å². The Bertz CT molecular complexity index is 520. The summed E-state index contributed by atoms with van der Waals surface area (Å²) >= 11 is 0. The lowest BCUT2D eigenvalue weighted by atomic mass is 10.2. The quantitative estimate of drug-likeness (QED) is 0.781. The molecule has 2 aliphatic heterocycles. The zero-order chi connectivity index (χ0) is 15.5. The maximum Gasteiger partial charge on any atom is 0.410 e. The average molecular weight is 305 g/mol. The predicted molar refractivity (Wildman–Crippen MR) is 83.3 cm³/mol. The largest absolute Gasteiger partial charge is 0.481 e. The molecule has 2 atom stereocenters. The van der Waals surface area contributed by atoms with E-state index in [1.165, 1.54) is 0 Å². The van der Waals surface area contributed by atoms with E-state index < -0.39 is 0 Å². The molecule has 2 aliphatic rings. The molecule has 0 spiro atoms. The van der Waals surface area contributed by atoms with Crippen molar-refractivity contribution in [2.75, 3.05) is 31.7 Å². The van der Waals surface area contributed by atoms with Crippen LogP contribution in [0.3, 0.4) is 0 Å². The van der Waals surface area contributed by atoms with Crippen molar-refractivity contribution in [1.29, 1.82) is 0 Å². The summed E-state index contributed by atoms with van der Waals surface area (Å²) in [4.78, 5) is 20.6. The van der Waals surface area contributed by atoms with Gasteiger partial charge in [-0.3, -0.25) is 0 Å². The highest BCUT2D eigenvalue weighted by Crippen LogP contribution is 2.34. The Morgan fingerprint density at radius 3 is 2.82 bits per heavy atom. The number of ether oxygens (including phenoxy) is 2. The Labute approximate surface area is 131 Å². The van der Waals surface area contributed by atoms with Crippen molar-refractivity contribution < 1.29 is 14.3 Å². The number of nitrogens with zero attached hydrogens (tertiary/aromatic N) is 3. The third-order valence-electron chi connectivity index (χ3n) is 4.46. The molecule has 1 aromatic heterocycles. The van der Waals surface area contributed by atoms with Gasteiger partial charge in [0, 0.05) is 25.2 Å². The van der Waals surface area contributed by atoms with Gasteiger partial charge in [0.15, 0.2) is 0 Å². The van der Waals surface area contributed by atoms with Crippen LogP contribution in [0.15, 0.2) is 18.3 Å². The summed E-state index contributed by atoms with van der Waals surface area (Å²) in [6.45, 7) is 4.20. The molecule has 0 saturated carbocycles. The van der Waals surface area contributed by atoms with Crippen LogP contribution in [0.4, 0.5) is 10.5 Å². The van der Waals surface area contributed by atoms with Crippen LogP contribution >= 0.6 is 0 Å². The second-order valence-electron chi connectivity index (χ2n) is 5.87. The number of carbonyl (C=O) groups is 1. The average Bonchev–Trinajstić information content (AvgIpc) is 3.15. The molecule has 0 N–H and O–H groups in total. The maximum atomic E-state index is 12.1. The molecule has 6 nitrogen and oxygen atoms in total. The summed E-state index contributed by atoms with van der Waals surface area (Å²) in [5, 5.41) is 0. The Hall–Kier alpha value is -1.98. The summed E-state index contributed by atoms with van der Waals surface area (Å²) in [5.74, 6) is 0.620. The molecule has 0 aliphatic carbocycles. The zero-order valence-corrected chi connectivity index (χ0v) is 13.2. The molecule has 1 amide bonds. The number of anilines is 1. The van der Waals surface area contributed by atoms with Crippen molar-refractivity contribution in [2.24, 2.45) is 0 Å². The van der Waals surface area contributed by atoms with Gasteiger partial charge in [-0.1, -0.05) is 13.3 Å². The van der Waals surface area contributed by atoms with Gasteiger partial charge >= 0.3 is 6.09 Å². The van der Waals surface area contributed by atoms with E-state index in [0.717, 1.165) is 38.0 Å². The molecular formula is C16H23N3O3. The fraction of sp³-hybridized carbons (Fsp3) is 0.625. The van der Waals surface area contributed by atoms with Crippen molar-refractivity contribution in [3.8, 4) is 5.88 Å². The van der Waals surface area contributed by atoms with E-state index in [4.69, 9.17) is 9.47 Å². The molecule has 3 heterocycles. The van der Waals surface area contributed by atoms with Gasteiger partial charge in [-0.25, -0.2) is 9.78 Å². The Morgan fingerprint density at radius 2 is 2.23 bits per heavy atom. The van der Waals surface area contributed by atoms with Crippen LogP contribution in [0.25, 0.3) is 0 Å². The number of unbranched alkanes of at least 4 members (excludes halogenated alkanes) is 1. The molecule has 22 heavy (non-hydrogen) atoms. The van der Waals surface area contributed by atoms with Crippen LogP contribution in [-0.2, 0) is 4.74 Å². The highest BCUT2D eigenvalue weighted by atomic mass is 16.6. The van der Waals surface area contributed by atoms with E-state index in [1.54, 1.807) is 7.11 Å². The lowest BCUT2D eigenvalue weighted by Gasteiger charge is -2.34. The molecule has 2 bridgehead atoms. The summed E-state index contributed by atoms with van der Waals surface area (Å²) in [7, 11) is 1.61. The van der Waals surface area contributed by atoms with Crippen LogP contribution < -0.4 is 9.64 Å². The first-order valence-electron chi connectivity index (χ1n) is 7.93. The molecule has 3 rings (SSSR count). The number of rotatable bonds is 5. The smallest absolute Gasteiger partial charge is 0.410 e. The topological polar surface area (TPSA) is 54.9 Å². The Morgan fingerprint density at radius 1 is 1.36 bits per heavy atom. The van der Waals surface area contributed by atoms with E-state index in [9.17, 15) is 4.79 Å². The predicted octanol–water partition coefficient (Wildman–Crippen LogP) is 2.29. The molecule has 2 fully saturated rings. The number of carbonyl (C=O) groups excluding carboxylic acids is 1. The van der Waals surface area contributed by atoms with E-state index in [0.29, 0.717) is 18.5 Å². The maximum absolute atomic E-state index is 12.1. The molecular weight excluding hydrogens is 282 g/mol. The van der Waals surface area contributed by atoms with Crippen molar-refractivity contribution in [2.45, 2.75) is 38.3 Å². The lowest BCUT2D eigenvalue weighted by Crippen LogP contribution is -2.49. The van der Waals surface area contributed by atoms with Gasteiger partial charge in [0.25, 0.3) is 0 Å². The van der Waals surface area contributed by atoms with Gasteiger partial charge < -0.3 is 19.3 Å². The van der Waals surface area contributed by atoms with E-state index in [2.05, 4.69) is 16.8 Å². The van der Waals surface area contributed by atoms with Crippen molar-refractivity contribution in [1.82, 2.24) is 9.88 Å². The number of methoxy groups -OCH3 is 1. The minimum absolute atomic E-state index is 0.159. The standard InChI is InChI=1S/C16H23N3O3/c1-3-4-7-22-16(20)19-11-13-8-14(19)10-18(13)12-5-6-15(21-2)17-9-12/h5-6,9,13-14H,3-4,7-8,10-11H2,1-2H3/t13-,14-/m0/s1. The number of likely N-dealkylation sites (tertiary alicyclic amines) is 1. The number of amides is 1. The fourth-order valence-corrected chi connectivity index (χ4v) is 3.26. The van der Waals surface area contributed by atoms with E-state index in [1.807, 2.05) is 23.2 Å². The van der Waals surface area contributed by atoms with Crippen LogP contribution in [0, 0.1) is 0 Å². The number of aromatic nitrogens is 1. The fourth-order valence-electron chi connectivity index (χ4n) is 3.26. The first-order valence-corrected chi connectivity index (χ1v) is 7.93. The third kappa shape index (κ3) is 2.82. The molecule has 120 valence electrons. The zero-order valence-electron chi connectivity index (χ0n) is 13.2. The summed E-state index contributed by atoms with van der Waals surface area (Å²) in [6, 6.07) is 4.51. The summed E-state index contributed by atoms with van der Waals surface area (Å²) in [6.07, 6.45) is 4.65. The van der Waals surface area contributed by atoms with Gasteiger partial charge in [-0.15, -0.1) is 0 Å². The molecule has 6 heteroatoms. The van der Waals surface area contributed by atoms with Crippen molar-refractivity contribution in [3.05, 3.63) is 18.3 Å². The Kier molecular flexibility index (Phi) is 4.36. The normalized spacial score (nSPS) is 23.0. The van der Waals surface area contributed by atoms with Crippen molar-refractivity contribution >= 4 is 11.8 Å². The van der Waals surface area contributed by atoms with Crippen LogP contribution in [0.2, 0.25) is 0 Å². The number of fused-ring (bicyclic) bond motifs is 2. The van der Waals surface area contributed by atoms with Gasteiger partial charge in [-0.2, -0.15) is 0 Å². The van der Waals surface area contributed by atoms with Gasteiger partial charge in [0.1, 0.15) is 0 Å². The van der Waals surface area contributed by atoms with E-state index >= 15 is 0 Å². The molecule has 0 aromatic carbocycles. The van der Waals surface area contributed by atoms with Crippen LogP contribution in [0.5, 0.6) is 5.88 Å². The molecule has 0 unspecified atom stereocenters.